The normalized spacial score (nSPS) is 14.6. The third kappa shape index (κ3) is 3.48. The molecule has 3 heteroatoms. The molecule has 0 saturated carbocycles. The summed E-state index contributed by atoms with van der Waals surface area (Å²) >= 11 is 1.79. The van der Waals surface area contributed by atoms with Gasteiger partial charge in [0.25, 0.3) is 0 Å². The van der Waals surface area contributed by atoms with E-state index < -0.39 is 5.54 Å². The first-order valence-corrected chi connectivity index (χ1v) is 7.11. The molecular weight excluding hydrogens is 242 g/mol. The smallest absolute Gasteiger partial charge is 0.0608 e. The second kappa shape index (κ2) is 5.74. The molecule has 2 nitrogen and oxygen atoms in total. The van der Waals surface area contributed by atoms with Gasteiger partial charge < -0.3 is 10.8 Å². The molecule has 2 rings (SSSR count). The van der Waals surface area contributed by atoms with Crippen LogP contribution < -0.4 is 5.73 Å². The molecule has 0 fully saturated rings. The number of fused-ring (bicyclic) bond motifs is 1. The number of aliphatic hydroxyl groups is 1. The molecule has 0 aromatic heterocycles. The van der Waals surface area contributed by atoms with E-state index in [4.69, 9.17) is 10.8 Å². The number of benzene rings is 2. The molecule has 0 radical (unpaired) electrons. The zero-order valence-electron chi connectivity index (χ0n) is 10.6. The molecular formula is C15H19NOS. The predicted molar refractivity (Wildman–Crippen MR) is 79.0 cm³/mol. The van der Waals surface area contributed by atoms with Gasteiger partial charge in [0.05, 0.1) is 6.61 Å². The summed E-state index contributed by atoms with van der Waals surface area (Å²) in [6, 6.07) is 14.8. The van der Waals surface area contributed by atoms with Crippen LogP contribution in [-0.4, -0.2) is 23.0 Å². The average Bonchev–Trinajstić information content (AvgIpc) is 2.38. The fraction of sp³-hybridized carbons (Fsp3) is 0.333. The maximum Gasteiger partial charge on any atom is 0.0608 e. The Bertz CT molecular complexity index is 525. The van der Waals surface area contributed by atoms with Gasteiger partial charge in [0.1, 0.15) is 0 Å². The molecule has 18 heavy (non-hydrogen) atoms. The van der Waals surface area contributed by atoms with Crippen molar-refractivity contribution in [3.63, 3.8) is 0 Å². The van der Waals surface area contributed by atoms with E-state index in [1.54, 1.807) is 11.8 Å². The highest BCUT2D eigenvalue weighted by Gasteiger charge is 2.16. The lowest BCUT2D eigenvalue weighted by molar-refractivity contribution is 0.206. The third-order valence-electron chi connectivity index (χ3n) is 3.02. The molecule has 0 amide bonds. The quantitative estimate of drug-likeness (QED) is 0.813. The molecule has 3 N–H and O–H groups in total. The Morgan fingerprint density at radius 1 is 1.17 bits per heavy atom. The monoisotopic (exact) mass is 261 g/mol. The van der Waals surface area contributed by atoms with Gasteiger partial charge in [-0.2, -0.15) is 0 Å². The van der Waals surface area contributed by atoms with Crippen LogP contribution in [0.5, 0.6) is 0 Å². The van der Waals surface area contributed by atoms with Crippen molar-refractivity contribution < 1.29 is 5.11 Å². The lowest BCUT2D eigenvalue weighted by atomic mass is 10.0. The Balaban J connectivity index is 2.00. The zero-order chi connectivity index (χ0) is 13.0. The molecule has 2 aromatic rings. The summed E-state index contributed by atoms with van der Waals surface area (Å²) in [5, 5.41) is 11.6. The molecule has 0 aliphatic rings. The topological polar surface area (TPSA) is 46.2 Å². The number of thioether (sulfide) groups is 1. The Kier molecular flexibility index (Phi) is 4.27. The van der Waals surface area contributed by atoms with Crippen molar-refractivity contribution in [2.45, 2.75) is 23.8 Å². The van der Waals surface area contributed by atoms with Crippen molar-refractivity contribution in [3.8, 4) is 0 Å². The van der Waals surface area contributed by atoms with Gasteiger partial charge in [-0.25, -0.2) is 0 Å². The van der Waals surface area contributed by atoms with Gasteiger partial charge in [-0.3, -0.25) is 0 Å². The van der Waals surface area contributed by atoms with Crippen molar-refractivity contribution >= 4 is 22.5 Å². The zero-order valence-corrected chi connectivity index (χ0v) is 11.4. The van der Waals surface area contributed by atoms with Crippen molar-refractivity contribution in [2.75, 3.05) is 12.4 Å². The Labute approximate surface area is 112 Å². The van der Waals surface area contributed by atoms with Crippen LogP contribution >= 0.6 is 11.8 Å². The molecule has 1 atom stereocenters. The summed E-state index contributed by atoms with van der Waals surface area (Å²) in [6.07, 6.45) is 0.807. The van der Waals surface area contributed by atoms with Crippen LogP contribution in [0.3, 0.4) is 0 Å². The van der Waals surface area contributed by atoms with E-state index in [1.807, 2.05) is 6.92 Å². The fourth-order valence-corrected chi connectivity index (χ4v) is 2.92. The molecule has 0 spiro atoms. The Morgan fingerprint density at radius 2 is 1.89 bits per heavy atom. The van der Waals surface area contributed by atoms with Gasteiger partial charge in [0.2, 0.25) is 0 Å². The molecule has 96 valence electrons. The molecule has 0 aliphatic carbocycles. The predicted octanol–water partition coefficient (Wildman–Crippen LogP) is 3.03. The van der Waals surface area contributed by atoms with E-state index in [0.29, 0.717) is 0 Å². The number of hydrogen-bond donors (Lipinski definition) is 2. The highest BCUT2D eigenvalue weighted by atomic mass is 32.2. The van der Waals surface area contributed by atoms with Crippen LogP contribution in [0.15, 0.2) is 47.4 Å². The first-order valence-electron chi connectivity index (χ1n) is 6.12. The van der Waals surface area contributed by atoms with E-state index in [0.717, 1.165) is 12.2 Å². The summed E-state index contributed by atoms with van der Waals surface area (Å²) in [4.78, 5) is 1.25. The summed E-state index contributed by atoms with van der Waals surface area (Å²) in [7, 11) is 0. The van der Waals surface area contributed by atoms with Crippen LogP contribution in [0.1, 0.15) is 13.3 Å². The Morgan fingerprint density at radius 3 is 2.61 bits per heavy atom. The number of aliphatic hydroxyl groups excluding tert-OH is 1. The third-order valence-corrected chi connectivity index (χ3v) is 4.02. The standard InChI is InChI=1S/C15H19NOS/c1-15(16,11-17)8-9-18-14-7-6-12-4-2-3-5-13(12)10-14/h2-7,10,17H,8-9,11,16H2,1H3. The second-order valence-corrected chi connectivity index (χ2v) is 6.09. The van der Waals surface area contributed by atoms with Crippen molar-refractivity contribution in [2.24, 2.45) is 5.73 Å². The van der Waals surface area contributed by atoms with Crippen molar-refractivity contribution in [1.82, 2.24) is 0 Å². The first-order chi connectivity index (χ1) is 8.61. The lowest BCUT2D eigenvalue weighted by Gasteiger charge is -2.20. The number of hydrogen-bond acceptors (Lipinski definition) is 3. The van der Waals surface area contributed by atoms with Gasteiger partial charge in [-0.1, -0.05) is 30.3 Å². The van der Waals surface area contributed by atoms with Crippen LogP contribution in [0.2, 0.25) is 0 Å². The molecule has 1 unspecified atom stereocenters. The fourth-order valence-electron chi connectivity index (χ4n) is 1.74. The van der Waals surface area contributed by atoms with Crippen molar-refractivity contribution in [1.29, 1.82) is 0 Å². The van der Waals surface area contributed by atoms with Crippen LogP contribution in [-0.2, 0) is 0 Å². The number of nitrogens with two attached hydrogens (primary N) is 1. The first kappa shape index (κ1) is 13.4. The number of rotatable bonds is 5. The molecule has 0 bridgehead atoms. The van der Waals surface area contributed by atoms with Gasteiger partial charge >= 0.3 is 0 Å². The van der Waals surface area contributed by atoms with Crippen LogP contribution in [0.25, 0.3) is 10.8 Å². The summed E-state index contributed by atoms with van der Waals surface area (Å²) < 4.78 is 0. The lowest BCUT2D eigenvalue weighted by Crippen LogP contribution is -2.40. The highest BCUT2D eigenvalue weighted by molar-refractivity contribution is 7.99. The van der Waals surface area contributed by atoms with E-state index in [1.165, 1.54) is 15.7 Å². The van der Waals surface area contributed by atoms with E-state index in [2.05, 4.69) is 42.5 Å². The Hall–Kier alpha value is -1.03. The second-order valence-electron chi connectivity index (χ2n) is 4.92. The van der Waals surface area contributed by atoms with Crippen LogP contribution in [0.4, 0.5) is 0 Å². The van der Waals surface area contributed by atoms with Gasteiger partial charge in [0.15, 0.2) is 0 Å². The summed E-state index contributed by atoms with van der Waals surface area (Å²) in [6.45, 7) is 1.92. The minimum absolute atomic E-state index is 0.0330. The molecule has 0 aliphatic heterocycles. The maximum absolute atomic E-state index is 9.10. The highest BCUT2D eigenvalue weighted by Crippen LogP contribution is 2.25. The van der Waals surface area contributed by atoms with Crippen molar-refractivity contribution in [3.05, 3.63) is 42.5 Å². The van der Waals surface area contributed by atoms with Gasteiger partial charge in [0, 0.05) is 10.4 Å². The average molecular weight is 261 g/mol. The molecule has 0 saturated heterocycles. The summed E-state index contributed by atoms with van der Waals surface area (Å²) in [5.74, 6) is 0.923. The maximum atomic E-state index is 9.10. The summed E-state index contributed by atoms with van der Waals surface area (Å²) in [5.41, 5.74) is 5.44. The SMILES string of the molecule is CC(N)(CO)CCSc1ccc2ccccc2c1. The minimum Gasteiger partial charge on any atom is -0.394 e. The van der Waals surface area contributed by atoms with Gasteiger partial charge in [-0.05, 0) is 42.0 Å². The van der Waals surface area contributed by atoms with E-state index >= 15 is 0 Å². The van der Waals surface area contributed by atoms with E-state index in [-0.39, 0.29) is 6.61 Å². The molecule has 0 heterocycles. The van der Waals surface area contributed by atoms with E-state index in [9.17, 15) is 0 Å². The van der Waals surface area contributed by atoms with Crippen LogP contribution in [0, 0.1) is 0 Å². The molecule has 2 aromatic carbocycles. The van der Waals surface area contributed by atoms with Gasteiger partial charge in [-0.15, -0.1) is 11.8 Å². The largest absolute Gasteiger partial charge is 0.394 e. The minimum atomic E-state index is -0.468.